The van der Waals surface area contributed by atoms with E-state index in [9.17, 15) is 0 Å². The molecular formula is C13H19N2O2-. The molecule has 0 radical (unpaired) electrons. The number of nitrogens with one attached hydrogen (secondary N) is 1. The van der Waals surface area contributed by atoms with Crippen LogP contribution in [0, 0.1) is 0 Å². The van der Waals surface area contributed by atoms with Crippen molar-refractivity contribution in [3.63, 3.8) is 0 Å². The number of benzene rings is 1. The van der Waals surface area contributed by atoms with Crippen LogP contribution in [-0.4, -0.2) is 37.0 Å². The fraction of sp³-hybridized carbons (Fsp3) is 0.462. The fourth-order valence-electron chi connectivity index (χ4n) is 1.71. The lowest BCUT2D eigenvalue weighted by Crippen LogP contribution is -2.42. The summed E-state index contributed by atoms with van der Waals surface area (Å²) in [7, 11) is 0. The second-order valence-electron chi connectivity index (χ2n) is 4.00. The van der Waals surface area contributed by atoms with Crippen LogP contribution in [0.3, 0.4) is 0 Å². The van der Waals surface area contributed by atoms with Crippen LogP contribution in [0.15, 0.2) is 30.3 Å². The molecule has 4 nitrogen and oxygen atoms in total. The number of aliphatic carboxylic acids is 1. The first kappa shape index (κ1) is 13.7. The lowest BCUT2D eigenvalue weighted by molar-refractivity contribution is -0.302. The maximum absolute atomic E-state index is 8.89. The largest absolute Gasteiger partial charge is 0.550 e. The second kappa shape index (κ2) is 7.81. The number of piperazine rings is 1. The zero-order valence-corrected chi connectivity index (χ0v) is 10.2. The second-order valence-corrected chi connectivity index (χ2v) is 4.00. The molecule has 0 aliphatic carbocycles. The zero-order chi connectivity index (χ0) is 12.5. The van der Waals surface area contributed by atoms with Gasteiger partial charge in [-0.3, -0.25) is 4.90 Å². The minimum atomic E-state index is -1.08. The number of carboxylic acids is 1. The quantitative estimate of drug-likeness (QED) is 0.774. The SMILES string of the molecule is CC(=O)[O-].c1ccc(CN2CCNCC2)cc1. The molecule has 0 aromatic heterocycles. The Kier molecular flexibility index (Phi) is 6.29. The number of carbonyl (C=O) groups excluding carboxylic acids is 1. The molecular weight excluding hydrogens is 216 g/mol. The van der Waals surface area contributed by atoms with Crippen molar-refractivity contribution in [3.05, 3.63) is 35.9 Å². The Balaban J connectivity index is 0.000000317. The van der Waals surface area contributed by atoms with E-state index in [-0.39, 0.29) is 0 Å². The molecule has 0 saturated carbocycles. The summed E-state index contributed by atoms with van der Waals surface area (Å²) in [6.07, 6.45) is 0. The van der Waals surface area contributed by atoms with Crippen molar-refractivity contribution in [2.24, 2.45) is 0 Å². The number of nitrogens with zero attached hydrogens (tertiary/aromatic N) is 1. The minimum Gasteiger partial charge on any atom is -0.550 e. The van der Waals surface area contributed by atoms with Gasteiger partial charge in [0.25, 0.3) is 0 Å². The van der Waals surface area contributed by atoms with Crippen molar-refractivity contribution in [2.45, 2.75) is 13.5 Å². The Hall–Kier alpha value is -1.39. The van der Waals surface area contributed by atoms with E-state index < -0.39 is 5.97 Å². The first-order chi connectivity index (χ1) is 8.18. The van der Waals surface area contributed by atoms with Gasteiger partial charge in [-0.2, -0.15) is 0 Å². The van der Waals surface area contributed by atoms with Gasteiger partial charge in [-0.05, 0) is 12.5 Å². The van der Waals surface area contributed by atoms with Crippen LogP contribution in [0.4, 0.5) is 0 Å². The summed E-state index contributed by atoms with van der Waals surface area (Å²) < 4.78 is 0. The van der Waals surface area contributed by atoms with Gasteiger partial charge >= 0.3 is 0 Å². The molecule has 17 heavy (non-hydrogen) atoms. The molecule has 0 atom stereocenters. The van der Waals surface area contributed by atoms with Crippen LogP contribution in [0.25, 0.3) is 0 Å². The van der Waals surface area contributed by atoms with Crippen molar-refractivity contribution in [2.75, 3.05) is 26.2 Å². The van der Waals surface area contributed by atoms with E-state index in [0.717, 1.165) is 26.6 Å². The smallest absolute Gasteiger partial charge is 0.0383 e. The van der Waals surface area contributed by atoms with E-state index in [2.05, 4.69) is 40.5 Å². The predicted octanol–water partition coefficient (Wildman–Crippen LogP) is -0.152. The van der Waals surface area contributed by atoms with Gasteiger partial charge in [-0.15, -0.1) is 0 Å². The normalized spacial score (nSPS) is 15.8. The molecule has 1 heterocycles. The maximum atomic E-state index is 8.89. The number of carbonyl (C=O) groups is 1. The van der Waals surface area contributed by atoms with Gasteiger partial charge in [-0.1, -0.05) is 30.3 Å². The van der Waals surface area contributed by atoms with Crippen LogP contribution in [0.2, 0.25) is 0 Å². The van der Waals surface area contributed by atoms with Crippen molar-refractivity contribution in [1.82, 2.24) is 10.2 Å². The summed E-state index contributed by atoms with van der Waals surface area (Å²) in [4.78, 5) is 11.4. The Labute approximate surface area is 102 Å². The third-order valence-corrected chi connectivity index (χ3v) is 2.46. The van der Waals surface area contributed by atoms with Crippen molar-refractivity contribution in [3.8, 4) is 0 Å². The fourth-order valence-corrected chi connectivity index (χ4v) is 1.71. The molecule has 1 N–H and O–H groups in total. The maximum Gasteiger partial charge on any atom is 0.0383 e. The summed E-state index contributed by atoms with van der Waals surface area (Å²) in [5.41, 5.74) is 1.42. The average Bonchev–Trinajstić information content (AvgIpc) is 2.31. The first-order valence-electron chi connectivity index (χ1n) is 5.83. The Morgan fingerprint density at radius 2 is 1.82 bits per heavy atom. The van der Waals surface area contributed by atoms with Gasteiger partial charge in [0.05, 0.1) is 0 Å². The topological polar surface area (TPSA) is 55.4 Å². The molecule has 0 amide bonds. The molecule has 1 saturated heterocycles. The van der Waals surface area contributed by atoms with Crippen molar-refractivity contribution >= 4 is 5.97 Å². The third-order valence-electron chi connectivity index (χ3n) is 2.46. The molecule has 0 unspecified atom stereocenters. The standard InChI is InChI=1S/C11H16N2.C2H4O2/c1-2-4-11(5-3-1)10-13-8-6-12-7-9-13;1-2(3)4/h1-5,12H,6-10H2;1H3,(H,3,4)/p-1. The summed E-state index contributed by atoms with van der Waals surface area (Å²) in [6.45, 7) is 6.69. The van der Waals surface area contributed by atoms with Crippen LogP contribution >= 0.6 is 0 Å². The zero-order valence-electron chi connectivity index (χ0n) is 10.2. The molecule has 94 valence electrons. The van der Waals surface area contributed by atoms with Crippen molar-refractivity contribution < 1.29 is 9.90 Å². The summed E-state index contributed by atoms with van der Waals surface area (Å²) in [6, 6.07) is 10.7. The monoisotopic (exact) mass is 235 g/mol. The van der Waals surface area contributed by atoms with E-state index in [1.165, 1.54) is 18.7 Å². The molecule has 1 aromatic rings. The van der Waals surface area contributed by atoms with E-state index in [1.807, 2.05) is 0 Å². The number of hydrogen-bond acceptors (Lipinski definition) is 4. The molecule has 1 aliphatic heterocycles. The summed E-state index contributed by atoms with van der Waals surface area (Å²) in [5.74, 6) is -1.08. The highest BCUT2D eigenvalue weighted by Crippen LogP contribution is 2.04. The minimum absolute atomic E-state index is 0.972. The molecule has 2 rings (SSSR count). The highest BCUT2D eigenvalue weighted by Gasteiger charge is 2.08. The average molecular weight is 235 g/mol. The molecule has 1 aromatic carbocycles. The van der Waals surface area contributed by atoms with Crippen LogP contribution in [0.1, 0.15) is 12.5 Å². The highest BCUT2D eigenvalue weighted by atomic mass is 16.4. The number of carboxylic acid groups (broad SMARTS) is 1. The highest BCUT2D eigenvalue weighted by molar-refractivity contribution is 5.60. The molecule has 1 aliphatic rings. The number of hydrogen-bond donors (Lipinski definition) is 1. The molecule has 4 heteroatoms. The van der Waals surface area contributed by atoms with Gasteiger partial charge in [0.15, 0.2) is 0 Å². The van der Waals surface area contributed by atoms with Gasteiger partial charge in [0.2, 0.25) is 0 Å². The Morgan fingerprint density at radius 3 is 2.35 bits per heavy atom. The van der Waals surface area contributed by atoms with Gasteiger partial charge < -0.3 is 15.2 Å². The van der Waals surface area contributed by atoms with Gasteiger partial charge in [-0.25, -0.2) is 0 Å². The Morgan fingerprint density at radius 1 is 1.29 bits per heavy atom. The first-order valence-corrected chi connectivity index (χ1v) is 5.83. The van der Waals surface area contributed by atoms with Crippen LogP contribution in [-0.2, 0) is 11.3 Å². The van der Waals surface area contributed by atoms with E-state index >= 15 is 0 Å². The van der Waals surface area contributed by atoms with E-state index in [1.54, 1.807) is 0 Å². The number of rotatable bonds is 2. The van der Waals surface area contributed by atoms with E-state index in [0.29, 0.717) is 0 Å². The summed E-state index contributed by atoms with van der Waals surface area (Å²) >= 11 is 0. The van der Waals surface area contributed by atoms with E-state index in [4.69, 9.17) is 9.90 Å². The Bertz CT molecular complexity index is 317. The predicted molar refractivity (Wildman–Crippen MR) is 65.3 cm³/mol. The van der Waals surface area contributed by atoms with Crippen LogP contribution in [0.5, 0.6) is 0 Å². The molecule has 0 bridgehead atoms. The van der Waals surface area contributed by atoms with Gasteiger partial charge in [0, 0.05) is 38.7 Å². The third kappa shape index (κ3) is 6.71. The molecule has 0 spiro atoms. The summed E-state index contributed by atoms with van der Waals surface area (Å²) in [5, 5.41) is 12.2. The lowest BCUT2D eigenvalue weighted by Gasteiger charge is -2.27. The van der Waals surface area contributed by atoms with Gasteiger partial charge in [0.1, 0.15) is 0 Å². The van der Waals surface area contributed by atoms with Crippen molar-refractivity contribution in [1.29, 1.82) is 0 Å². The lowest BCUT2D eigenvalue weighted by atomic mass is 10.2. The van der Waals surface area contributed by atoms with Crippen LogP contribution < -0.4 is 10.4 Å². The molecule has 1 fully saturated rings.